The van der Waals surface area contributed by atoms with Gasteiger partial charge in [0.2, 0.25) is 15.9 Å². The van der Waals surface area contributed by atoms with Crippen molar-refractivity contribution in [2.45, 2.75) is 42.5 Å². The number of nitrogens with two attached hydrogens (primary N) is 1. The molecule has 2 aromatic rings. The maximum Gasteiger partial charge on any atom is 0.240 e. The molecule has 1 saturated carbocycles. The number of nitrogens with zero attached hydrogens (tertiary/aromatic N) is 2. The molecule has 1 aromatic heterocycles. The van der Waals surface area contributed by atoms with Crippen molar-refractivity contribution >= 4 is 22.4 Å². The topological polar surface area (TPSA) is 111 Å². The molecule has 0 spiro atoms. The summed E-state index contributed by atoms with van der Waals surface area (Å²) in [6.45, 7) is -0.0272. The number of rotatable bonds is 6. The zero-order valence-electron chi connectivity index (χ0n) is 13.7. The van der Waals surface area contributed by atoms with E-state index in [0.717, 1.165) is 37.8 Å². The maximum atomic E-state index is 13.2. The van der Waals surface area contributed by atoms with Crippen LogP contribution in [-0.4, -0.2) is 25.1 Å². The smallest absolute Gasteiger partial charge is 0.240 e. The Kier molecular flexibility index (Phi) is 6.33. The van der Waals surface area contributed by atoms with Crippen LogP contribution < -0.4 is 10.5 Å². The average Bonchev–Trinajstić information content (AvgIpc) is 3.20. The van der Waals surface area contributed by atoms with Crippen molar-refractivity contribution in [2.24, 2.45) is 5.73 Å². The first-order valence-electron chi connectivity index (χ1n) is 7.87. The molecule has 0 radical (unpaired) electrons. The lowest BCUT2D eigenvalue weighted by Crippen LogP contribution is -2.34. The van der Waals surface area contributed by atoms with Crippen LogP contribution in [0.15, 0.2) is 27.6 Å². The Morgan fingerprint density at radius 1 is 1.23 bits per heavy atom. The number of nitrogens with one attached hydrogen (secondary N) is 1. The second-order valence-corrected chi connectivity index (χ2v) is 7.87. The molecule has 1 aliphatic rings. The van der Waals surface area contributed by atoms with E-state index in [1.807, 2.05) is 0 Å². The molecular weight excluding hydrogens is 390 g/mol. The standard InChI is InChI=1S/C15H18F2N4O3S.ClH/c16-11-4-3-10(9-12(11)17)25(22,23)19-8-5-13-20-14(21-24-13)15(18)6-1-2-7-15;/h3-4,9,19H,1-2,5-8,18H2;1H. The molecule has 0 amide bonds. The molecule has 1 fully saturated rings. The van der Waals surface area contributed by atoms with Gasteiger partial charge in [0.05, 0.1) is 10.4 Å². The summed E-state index contributed by atoms with van der Waals surface area (Å²) in [6, 6.07) is 2.38. The highest BCUT2D eigenvalue weighted by Crippen LogP contribution is 2.34. The van der Waals surface area contributed by atoms with Gasteiger partial charge in [-0.1, -0.05) is 18.0 Å². The third-order valence-corrected chi connectivity index (χ3v) is 5.70. The van der Waals surface area contributed by atoms with Crippen LogP contribution in [0.5, 0.6) is 0 Å². The van der Waals surface area contributed by atoms with Crippen LogP contribution in [0, 0.1) is 11.6 Å². The lowest BCUT2D eigenvalue weighted by Gasteiger charge is -2.17. The monoisotopic (exact) mass is 408 g/mol. The predicted octanol–water partition coefficient (Wildman–Crippen LogP) is 2.02. The van der Waals surface area contributed by atoms with E-state index < -0.39 is 27.2 Å². The van der Waals surface area contributed by atoms with E-state index in [4.69, 9.17) is 10.3 Å². The van der Waals surface area contributed by atoms with Crippen molar-refractivity contribution in [3.63, 3.8) is 0 Å². The first-order chi connectivity index (χ1) is 11.8. The van der Waals surface area contributed by atoms with Gasteiger partial charge in [-0.3, -0.25) is 0 Å². The Balaban J connectivity index is 0.00000243. The van der Waals surface area contributed by atoms with Crippen LogP contribution in [0.2, 0.25) is 0 Å². The van der Waals surface area contributed by atoms with Crippen molar-refractivity contribution in [1.29, 1.82) is 0 Å². The third-order valence-electron chi connectivity index (χ3n) is 4.24. The number of benzene rings is 1. The molecule has 144 valence electrons. The SMILES string of the molecule is Cl.NC1(c2noc(CCNS(=O)(=O)c3ccc(F)c(F)c3)n2)CCCC1. The summed E-state index contributed by atoms with van der Waals surface area (Å²) in [5.74, 6) is -1.64. The molecule has 0 saturated heterocycles. The average molecular weight is 409 g/mol. The van der Waals surface area contributed by atoms with E-state index in [1.165, 1.54) is 0 Å². The van der Waals surface area contributed by atoms with E-state index >= 15 is 0 Å². The number of sulfonamides is 1. The van der Waals surface area contributed by atoms with E-state index in [0.29, 0.717) is 11.9 Å². The molecule has 0 bridgehead atoms. The van der Waals surface area contributed by atoms with Crippen LogP contribution in [0.1, 0.15) is 37.4 Å². The Bertz CT molecular complexity index is 870. The lowest BCUT2D eigenvalue weighted by molar-refractivity contribution is 0.348. The van der Waals surface area contributed by atoms with Gasteiger partial charge in [-0.05, 0) is 31.0 Å². The number of halogens is 3. The minimum Gasteiger partial charge on any atom is -0.339 e. The number of aromatic nitrogens is 2. The van der Waals surface area contributed by atoms with E-state index in [-0.39, 0.29) is 36.2 Å². The Morgan fingerprint density at radius 3 is 2.58 bits per heavy atom. The third kappa shape index (κ3) is 4.37. The minimum absolute atomic E-state index is 0. The van der Waals surface area contributed by atoms with Crippen LogP contribution >= 0.6 is 12.4 Å². The maximum absolute atomic E-state index is 13.2. The van der Waals surface area contributed by atoms with Crippen LogP contribution in [-0.2, 0) is 22.0 Å². The summed E-state index contributed by atoms with van der Waals surface area (Å²) in [7, 11) is -3.96. The molecule has 1 heterocycles. The summed E-state index contributed by atoms with van der Waals surface area (Å²) in [5.41, 5.74) is 5.65. The van der Waals surface area contributed by atoms with Gasteiger partial charge in [-0.15, -0.1) is 12.4 Å². The van der Waals surface area contributed by atoms with Crippen molar-refractivity contribution < 1.29 is 21.7 Å². The quantitative estimate of drug-likeness (QED) is 0.756. The van der Waals surface area contributed by atoms with Gasteiger partial charge < -0.3 is 10.3 Å². The fourth-order valence-electron chi connectivity index (χ4n) is 2.81. The minimum atomic E-state index is -3.96. The molecule has 1 aromatic carbocycles. The Labute approximate surface area is 155 Å². The van der Waals surface area contributed by atoms with Crippen LogP contribution in [0.3, 0.4) is 0 Å². The number of hydrogen-bond acceptors (Lipinski definition) is 6. The van der Waals surface area contributed by atoms with Crippen molar-refractivity contribution in [3.8, 4) is 0 Å². The zero-order chi connectivity index (χ0) is 18.1. The first-order valence-corrected chi connectivity index (χ1v) is 9.35. The van der Waals surface area contributed by atoms with Gasteiger partial charge >= 0.3 is 0 Å². The van der Waals surface area contributed by atoms with Gasteiger partial charge in [0.25, 0.3) is 0 Å². The highest BCUT2D eigenvalue weighted by Gasteiger charge is 2.35. The lowest BCUT2D eigenvalue weighted by atomic mass is 9.99. The van der Waals surface area contributed by atoms with Crippen molar-refractivity contribution in [3.05, 3.63) is 41.5 Å². The molecular formula is C15H19ClF2N4O3S. The molecule has 3 rings (SSSR count). The van der Waals surface area contributed by atoms with Gasteiger partial charge in [-0.25, -0.2) is 21.9 Å². The van der Waals surface area contributed by atoms with Crippen LogP contribution in [0.4, 0.5) is 8.78 Å². The van der Waals surface area contributed by atoms with Gasteiger partial charge in [-0.2, -0.15) is 4.98 Å². The number of hydrogen-bond donors (Lipinski definition) is 2. The molecule has 3 N–H and O–H groups in total. The second-order valence-electron chi connectivity index (χ2n) is 6.10. The predicted molar refractivity (Wildman–Crippen MR) is 91.1 cm³/mol. The van der Waals surface area contributed by atoms with Gasteiger partial charge in [0.1, 0.15) is 0 Å². The van der Waals surface area contributed by atoms with E-state index in [1.54, 1.807) is 0 Å². The summed E-state index contributed by atoms with van der Waals surface area (Å²) < 4.78 is 57.6. The first kappa shape index (κ1) is 20.7. The molecule has 11 heteroatoms. The van der Waals surface area contributed by atoms with Crippen molar-refractivity contribution in [1.82, 2.24) is 14.9 Å². The normalized spacial score (nSPS) is 16.4. The van der Waals surface area contributed by atoms with Gasteiger partial charge in [0, 0.05) is 13.0 Å². The molecule has 26 heavy (non-hydrogen) atoms. The zero-order valence-corrected chi connectivity index (χ0v) is 15.4. The summed E-state index contributed by atoms with van der Waals surface area (Å²) in [6.07, 6.45) is 3.75. The molecule has 0 unspecified atom stereocenters. The summed E-state index contributed by atoms with van der Waals surface area (Å²) >= 11 is 0. The second kappa shape index (κ2) is 7.95. The molecule has 0 atom stereocenters. The summed E-state index contributed by atoms with van der Waals surface area (Å²) in [5, 5.41) is 3.88. The molecule has 1 aliphatic carbocycles. The highest BCUT2D eigenvalue weighted by molar-refractivity contribution is 7.89. The van der Waals surface area contributed by atoms with E-state index in [9.17, 15) is 17.2 Å². The fraction of sp³-hybridized carbons (Fsp3) is 0.467. The molecule has 0 aliphatic heterocycles. The van der Waals surface area contributed by atoms with Crippen molar-refractivity contribution in [2.75, 3.05) is 6.54 Å². The van der Waals surface area contributed by atoms with Crippen LogP contribution in [0.25, 0.3) is 0 Å². The largest absolute Gasteiger partial charge is 0.339 e. The molecule has 7 nitrogen and oxygen atoms in total. The fourth-order valence-corrected chi connectivity index (χ4v) is 3.85. The van der Waals surface area contributed by atoms with E-state index in [2.05, 4.69) is 14.9 Å². The highest BCUT2D eigenvalue weighted by atomic mass is 35.5. The van der Waals surface area contributed by atoms with Gasteiger partial charge in [0.15, 0.2) is 17.5 Å². The Morgan fingerprint density at radius 2 is 1.92 bits per heavy atom. The summed E-state index contributed by atoms with van der Waals surface area (Å²) in [4.78, 5) is 3.88. The Hall–Kier alpha value is -1.62.